The molecule has 2 fully saturated rings. The molecule has 0 aliphatic carbocycles. The van der Waals surface area contributed by atoms with Crippen LogP contribution in [0.2, 0.25) is 0 Å². The minimum atomic E-state index is -5.08. The molecule has 2 aliphatic heterocycles. The summed E-state index contributed by atoms with van der Waals surface area (Å²) in [5.74, 6) is -2.29. The summed E-state index contributed by atoms with van der Waals surface area (Å²) in [4.78, 5) is 24.0. The summed E-state index contributed by atoms with van der Waals surface area (Å²) < 4.78 is 93.7. The van der Waals surface area contributed by atoms with Gasteiger partial charge in [-0.15, -0.1) is 11.3 Å². The normalized spacial score (nSPS) is 17.4. The number of alkyl halides is 4. The van der Waals surface area contributed by atoms with Crippen molar-refractivity contribution in [2.24, 2.45) is 7.05 Å². The SMILES string of the molecule is COc1nc(N(C)Cc2cccc(=O)n2C)c2cc(C(F)(F)F)c(-c3ccc(F)c4sc(N)c(C#N)c34)c(F)c2n1.FC1CC2CCCN2C1. The Bertz CT molecular complexity index is 2200. The lowest BCUT2D eigenvalue weighted by molar-refractivity contribution is -0.137. The largest absolute Gasteiger partial charge is 0.467 e. The lowest BCUT2D eigenvalue weighted by Crippen LogP contribution is -2.26. The maximum absolute atomic E-state index is 16.4. The second-order valence-electron chi connectivity index (χ2n) is 12.2. The lowest BCUT2D eigenvalue weighted by Gasteiger charge is -2.23. The summed E-state index contributed by atoms with van der Waals surface area (Å²) >= 11 is 0.677. The van der Waals surface area contributed by atoms with Crippen molar-refractivity contribution in [3.63, 3.8) is 0 Å². The zero-order valence-corrected chi connectivity index (χ0v) is 27.9. The quantitative estimate of drug-likeness (QED) is 0.198. The number of hydrogen-bond donors (Lipinski definition) is 1. The van der Waals surface area contributed by atoms with E-state index in [1.165, 1.54) is 55.6 Å². The smallest absolute Gasteiger partial charge is 0.417 e. The molecule has 2 N–H and O–H groups in total. The van der Waals surface area contributed by atoms with Gasteiger partial charge in [0.25, 0.3) is 5.56 Å². The van der Waals surface area contributed by atoms with Crippen molar-refractivity contribution in [3.8, 4) is 23.2 Å². The lowest BCUT2D eigenvalue weighted by atomic mass is 9.92. The molecule has 2 saturated heterocycles. The maximum atomic E-state index is 16.4. The highest BCUT2D eigenvalue weighted by atomic mass is 32.1. The molecule has 7 rings (SSSR count). The number of halogens is 6. The van der Waals surface area contributed by atoms with Gasteiger partial charge < -0.3 is 19.9 Å². The Hall–Kier alpha value is -4.88. The number of benzene rings is 2. The molecule has 9 nitrogen and oxygen atoms in total. The summed E-state index contributed by atoms with van der Waals surface area (Å²) in [7, 11) is 4.26. The van der Waals surface area contributed by atoms with Crippen molar-refractivity contribution in [1.82, 2.24) is 19.4 Å². The van der Waals surface area contributed by atoms with E-state index in [0.29, 0.717) is 35.7 Å². The molecular formula is C34H31F6N7O2S. The van der Waals surface area contributed by atoms with Crippen LogP contribution in [0.3, 0.4) is 0 Å². The van der Waals surface area contributed by atoms with Gasteiger partial charge in [-0.1, -0.05) is 12.1 Å². The molecular weight excluding hydrogens is 684 g/mol. The number of aromatic nitrogens is 3. The van der Waals surface area contributed by atoms with E-state index in [2.05, 4.69) is 14.9 Å². The molecule has 5 heterocycles. The van der Waals surface area contributed by atoms with Crippen molar-refractivity contribution < 1.29 is 31.1 Å². The van der Waals surface area contributed by atoms with Gasteiger partial charge in [-0.3, -0.25) is 9.69 Å². The number of thiophene rings is 1. The van der Waals surface area contributed by atoms with Gasteiger partial charge in [-0.2, -0.15) is 28.4 Å². The third-order valence-electron chi connectivity index (χ3n) is 9.09. The zero-order valence-electron chi connectivity index (χ0n) is 27.1. The van der Waals surface area contributed by atoms with E-state index < -0.39 is 40.6 Å². The molecule has 3 aromatic heterocycles. The predicted octanol–water partition coefficient (Wildman–Crippen LogP) is 6.80. The first kappa shape index (κ1) is 35.0. The minimum absolute atomic E-state index is 0.0187. The molecule has 0 radical (unpaired) electrons. The van der Waals surface area contributed by atoms with E-state index >= 15 is 4.39 Å². The minimum Gasteiger partial charge on any atom is -0.467 e. The van der Waals surface area contributed by atoms with Gasteiger partial charge >= 0.3 is 12.2 Å². The molecule has 2 aliphatic rings. The second-order valence-corrected chi connectivity index (χ2v) is 13.2. The van der Waals surface area contributed by atoms with Gasteiger partial charge in [0.1, 0.15) is 34.4 Å². The number of nitrogens with two attached hydrogens (primary N) is 1. The van der Waals surface area contributed by atoms with Crippen LogP contribution in [0.5, 0.6) is 6.01 Å². The fourth-order valence-electron chi connectivity index (χ4n) is 6.68. The Kier molecular flexibility index (Phi) is 9.40. The van der Waals surface area contributed by atoms with Gasteiger partial charge in [0, 0.05) is 54.8 Å². The van der Waals surface area contributed by atoms with E-state index in [-0.39, 0.29) is 55.5 Å². The maximum Gasteiger partial charge on any atom is 0.417 e. The molecule has 5 aromatic rings. The zero-order chi connectivity index (χ0) is 36.1. The molecule has 0 saturated carbocycles. The van der Waals surface area contributed by atoms with Crippen molar-refractivity contribution in [3.05, 3.63) is 75.2 Å². The van der Waals surface area contributed by atoms with Crippen molar-refractivity contribution >= 4 is 43.1 Å². The Morgan fingerprint density at radius 1 is 1.20 bits per heavy atom. The Morgan fingerprint density at radius 3 is 2.64 bits per heavy atom. The van der Waals surface area contributed by atoms with E-state index in [1.807, 2.05) is 0 Å². The highest BCUT2D eigenvalue weighted by Crippen LogP contribution is 2.48. The number of rotatable bonds is 5. The van der Waals surface area contributed by atoms with E-state index in [0.717, 1.165) is 25.1 Å². The number of nitrogens with zero attached hydrogens (tertiary/aromatic N) is 6. The first-order valence-corrected chi connectivity index (χ1v) is 16.4. The number of anilines is 2. The fraction of sp³-hybridized carbons (Fsp3) is 0.353. The van der Waals surface area contributed by atoms with Crippen molar-refractivity contribution in [2.75, 3.05) is 37.9 Å². The van der Waals surface area contributed by atoms with Crippen LogP contribution in [0.4, 0.5) is 37.2 Å². The number of methoxy groups -OCH3 is 1. The molecule has 2 atom stereocenters. The topological polar surface area (TPSA) is 113 Å². The first-order valence-electron chi connectivity index (χ1n) is 15.5. The van der Waals surface area contributed by atoms with Crippen LogP contribution >= 0.6 is 11.3 Å². The molecule has 2 aromatic carbocycles. The summed E-state index contributed by atoms with van der Waals surface area (Å²) in [5.41, 5.74) is 2.62. The van der Waals surface area contributed by atoms with Crippen LogP contribution in [0.15, 0.2) is 41.2 Å². The molecule has 16 heteroatoms. The van der Waals surface area contributed by atoms with Crippen LogP contribution in [0.1, 0.15) is 36.1 Å². The van der Waals surface area contributed by atoms with Gasteiger partial charge in [0.15, 0.2) is 5.82 Å². The summed E-state index contributed by atoms with van der Waals surface area (Å²) in [6, 6.07) is 9.18. The fourth-order valence-corrected chi connectivity index (χ4v) is 7.63. The van der Waals surface area contributed by atoms with Crippen LogP contribution < -0.4 is 20.9 Å². The summed E-state index contributed by atoms with van der Waals surface area (Å²) in [5, 5.41) is 9.00. The molecule has 50 heavy (non-hydrogen) atoms. The van der Waals surface area contributed by atoms with Gasteiger partial charge in [0.2, 0.25) is 0 Å². The number of hydrogen-bond acceptors (Lipinski definition) is 9. The molecule has 262 valence electrons. The third kappa shape index (κ3) is 6.31. The Balaban J connectivity index is 0.000000412. The summed E-state index contributed by atoms with van der Waals surface area (Å²) in [6.45, 7) is 1.88. The Labute approximate surface area is 286 Å². The standard InChI is InChI=1S/C27H19F5N6O2S.C7H12FN/c1-37(11-12-5-4-6-18(39)38(12)2)25-14-9-16(27(30,31)32)20(21(29)22(14)35-26(36-25)40-3)13-7-8-17(28)23-19(13)15(10-33)24(34)41-23;8-6-4-7-2-1-3-9(7)5-6/h4-9H,11,34H2,1-3H3;6-7H,1-5H2. The molecule has 0 amide bonds. The van der Waals surface area contributed by atoms with Crippen molar-refractivity contribution in [1.29, 1.82) is 5.26 Å². The number of fused-ring (bicyclic) bond motifs is 3. The van der Waals surface area contributed by atoms with Gasteiger partial charge in [0.05, 0.1) is 29.5 Å². The monoisotopic (exact) mass is 715 g/mol. The van der Waals surface area contributed by atoms with E-state index in [9.17, 15) is 32.0 Å². The average Bonchev–Trinajstić information content (AvgIpc) is 3.76. The van der Waals surface area contributed by atoms with Crippen LogP contribution in [0.25, 0.3) is 32.1 Å². The van der Waals surface area contributed by atoms with E-state index in [4.69, 9.17) is 10.5 Å². The number of nitrogen functional groups attached to an aromatic ring is 1. The molecule has 0 spiro atoms. The van der Waals surface area contributed by atoms with Crippen LogP contribution in [-0.2, 0) is 19.8 Å². The van der Waals surface area contributed by atoms with Crippen molar-refractivity contribution in [2.45, 2.75) is 44.2 Å². The number of nitriles is 1. The second kappa shape index (κ2) is 13.4. The van der Waals surface area contributed by atoms with Gasteiger partial charge in [-0.25, -0.2) is 13.2 Å². The number of pyridine rings is 1. The number of ether oxygens (including phenoxy) is 1. The predicted molar refractivity (Wildman–Crippen MR) is 179 cm³/mol. The van der Waals surface area contributed by atoms with Gasteiger partial charge in [-0.05, 0) is 49.6 Å². The average molecular weight is 716 g/mol. The molecule has 2 unspecified atom stereocenters. The third-order valence-corrected chi connectivity index (χ3v) is 10.1. The first-order chi connectivity index (χ1) is 23.7. The Morgan fingerprint density at radius 2 is 1.96 bits per heavy atom. The highest BCUT2D eigenvalue weighted by molar-refractivity contribution is 7.23. The van der Waals surface area contributed by atoms with Crippen LogP contribution in [0, 0.1) is 23.0 Å². The highest BCUT2D eigenvalue weighted by Gasteiger charge is 2.39. The van der Waals surface area contributed by atoms with Crippen LogP contribution in [-0.4, -0.2) is 58.9 Å². The van der Waals surface area contributed by atoms with E-state index in [1.54, 1.807) is 12.1 Å². The molecule has 0 bridgehead atoms. The summed E-state index contributed by atoms with van der Waals surface area (Å²) in [6.07, 6.45) is -2.27.